The monoisotopic (exact) mass is 222 g/mol. The van der Waals surface area contributed by atoms with Crippen molar-refractivity contribution < 1.29 is 10.0 Å². The van der Waals surface area contributed by atoms with Gasteiger partial charge in [-0.05, 0) is 31.4 Å². The van der Waals surface area contributed by atoms with E-state index in [1.165, 1.54) is 6.07 Å². The van der Waals surface area contributed by atoms with Crippen LogP contribution in [0.4, 0.5) is 11.4 Å². The Hall–Kier alpha value is -1.62. The highest BCUT2D eigenvalue weighted by molar-refractivity contribution is 5.64. The number of aryl methyl sites for hydroxylation is 1. The number of hydrogen-bond donors (Lipinski definition) is 2. The molecule has 1 saturated carbocycles. The van der Waals surface area contributed by atoms with Gasteiger partial charge in [0.05, 0.1) is 17.1 Å². The highest BCUT2D eigenvalue weighted by Crippen LogP contribution is 2.40. The molecule has 1 aromatic rings. The van der Waals surface area contributed by atoms with E-state index in [4.69, 9.17) is 0 Å². The summed E-state index contributed by atoms with van der Waals surface area (Å²) in [5, 5.41) is 23.1. The fourth-order valence-corrected chi connectivity index (χ4v) is 1.67. The summed E-state index contributed by atoms with van der Waals surface area (Å²) in [6.07, 6.45) is 1.71. The van der Waals surface area contributed by atoms with Crippen LogP contribution in [0.5, 0.6) is 0 Å². The first-order chi connectivity index (χ1) is 7.56. The van der Waals surface area contributed by atoms with E-state index in [-0.39, 0.29) is 17.8 Å². The van der Waals surface area contributed by atoms with Crippen molar-refractivity contribution in [1.82, 2.24) is 0 Å². The summed E-state index contributed by atoms with van der Waals surface area (Å²) in [5.41, 5.74) is 1.18. The van der Waals surface area contributed by atoms with Gasteiger partial charge < -0.3 is 10.4 Å². The molecule has 5 nitrogen and oxygen atoms in total. The predicted molar refractivity (Wildman–Crippen MR) is 60.5 cm³/mol. The second kappa shape index (κ2) is 3.75. The van der Waals surface area contributed by atoms with Gasteiger partial charge in [0.2, 0.25) is 0 Å². The Morgan fingerprint density at radius 3 is 2.75 bits per heavy atom. The summed E-state index contributed by atoms with van der Waals surface area (Å²) in [5.74, 6) is 0. The average Bonchev–Trinajstić information content (AvgIpc) is 2.98. The molecule has 0 radical (unpaired) electrons. The summed E-state index contributed by atoms with van der Waals surface area (Å²) >= 11 is 0. The lowest BCUT2D eigenvalue weighted by Gasteiger charge is -2.16. The molecule has 0 heterocycles. The van der Waals surface area contributed by atoms with E-state index in [1.807, 2.05) is 6.92 Å². The Labute approximate surface area is 93.2 Å². The first kappa shape index (κ1) is 10.9. The Kier molecular flexibility index (Phi) is 2.55. The Morgan fingerprint density at radius 1 is 1.56 bits per heavy atom. The molecule has 1 aliphatic carbocycles. The molecule has 16 heavy (non-hydrogen) atoms. The van der Waals surface area contributed by atoms with E-state index < -0.39 is 4.92 Å². The third-order valence-corrected chi connectivity index (χ3v) is 2.90. The van der Waals surface area contributed by atoms with Gasteiger partial charge in [-0.25, -0.2) is 0 Å². The largest absolute Gasteiger partial charge is 0.394 e. The molecule has 0 atom stereocenters. The lowest BCUT2D eigenvalue weighted by Crippen LogP contribution is -2.26. The molecule has 1 aliphatic rings. The molecule has 5 heteroatoms. The number of nitro benzene ring substituents is 1. The van der Waals surface area contributed by atoms with Crippen LogP contribution in [0.1, 0.15) is 18.4 Å². The molecule has 0 aliphatic heterocycles. The van der Waals surface area contributed by atoms with Crippen LogP contribution in [-0.4, -0.2) is 22.2 Å². The molecule has 2 N–H and O–H groups in total. The molecule has 0 bridgehead atoms. The van der Waals surface area contributed by atoms with Gasteiger partial charge in [-0.1, -0.05) is 6.07 Å². The van der Waals surface area contributed by atoms with Gasteiger partial charge in [0.25, 0.3) is 5.69 Å². The molecule has 86 valence electrons. The molecule has 0 amide bonds. The molecular formula is C11H14N2O3. The van der Waals surface area contributed by atoms with Gasteiger partial charge >= 0.3 is 0 Å². The number of nitrogens with zero attached hydrogens (tertiary/aromatic N) is 1. The van der Waals surface area contributed by atoms with Gasteiger partial charge in [0.1, 0.15) is 5.69 Å². The Bertz CT molecular complexity index is 427. The molecule has 0 saturated heterocycles. The van der Waals surface area contributed by atoms with Crippen molar-refractivity contribution in [2.45, 2.75) is 25.3 Å². The second-order valence-corrected chi connectivity index (χ2v) is 4.34. The van der Waals surface area contributed by atoms with Gasteiger partial charge in [-0.15, -0.1) is 0 Å². The van der Waals surface area contributed by atoms with Crippen LogP contribution in [0.2, 0.25) is 0 Å². The van der Waals surface area contributed by atoms with E-state index in [0.29, 0.717) is 5.69 Å². The van der Waals surface area contributed by atoms with Crippen molar-refractivity contribution in [3.8, 4) is 0 Å². The van der Waals surface area contributed by atoms with Crippen molar-refractivity contribution in [2.24, 2.45) is 0 Å². The molecule has 2 rings (SSSR count). The molecule has 0 spiro atoms. The lowest BCUT2D eigenvalue weighted by atomic mass is 10.1. The number of hydrogen-bond acceptors (Lipinski definition) is 4. The van der Waals surface area contributed by atoms with Gasteiger partial charge in [-0.2, -0.15) is 0 Å². The maximum atomic E-state index is 10.8. The minimum Gasteiger partial charge on any atom is -0.394 e. The number of rotatable bonds is 4. The van der Waals surface area contributed by atoms with E-state index in [2.05, 4.69) is 5.32 Å². The second-order valence-electron chi connectivity index (χ2n) is 4.34. The van der Waals surface area contributed by atoms with Crippen LogP contribution in [0, 0.1) is 17.0 Å². The number of anilines is 1. The molecule has 0 aromatic heterocycles. The number of aliphatic hydroxyl groups is 1. The van der Waals surface area contributed by atoms with Crippen LogP contribution in [0.15, 0.2) is 18.2 Å². The van der Waals surface area contributed by atoms with Gasteiger partial charge in [0, 0.05) is 6.07 Å². The molecule has 0 unspecified atom stereocenters. The predicted octanol–water partition coefficient (Wildman–Crippen LogP) is 1.84. The van der Waals surface area contributed by atoms with Crippen LogP contribution >= 0.6 is 0 Å². The summed E-state index contributed by atoms with van der Waals surface area (Å²) in [6, 6.07) is 4.95. The van der Waals surface area contributed by atoms with Gasteiger partial charge in [0.15, 0.2) is 0 Å². The van der Waals surface area contributed by atoms with Crippen molar-refractivity contribution >= 4 is 11.4 Å². The summed E-state index contributed by atoms with van der Waals surface area (Å²) in [4.78, 5) is 10.4. The van der Waals surface area contributed by atoms with Crippen molar-refractivity contribution in [3.63, 3.8) is 0 Å². The minimum absolute atomic E-state index is 0.0120. The van der Waals surface area contributed by atoms with E-state index in [1.54, 1.807) is 12.1 Å². The third kappa shape index (κ3) is 1.99. The quantitative estimate of drug-likeness (QED) is 0.602. The normalized spacial score (nSPS) is 16.9. The van der Waals surface area contributed by atoms with Crippen molar-refractivity contribution in [3.05, 3.63) is 33.9 Å². The summed E-state index contributed by atoms with van der Waals surface area (Å²) in [6.45, 7) is 1.89. The SMILES string of the molecule is Cc1ccc([N+](=O)[O-])c(NC2(CO)CC2)c1. The zero-order chi connectivity index (χ0) is 11.8. The summed E-state index contributed by atoms with van der Waals surface area (Å²) in [7, 11) is 0. The zero-order valence-electron chi connectivity index (χ0n) is 9.06. The van der Waals surface area contributed by atoms with E-state index in [9.17, 15) is 15.2 Å². The maximum absolute atomic E-state index is 10.8. The molecular weight excluding hydrogens is 208 g/mol. The topological polar surface area (TPSA) is 75.4 Å². The number of nitrogens with one attached hydrogen (secondary N) is 1. The standard InChI is InChI=1S/C11H14N2O3/c1-8-2-3-10(13(15)16)9(6-8)12-11(7-14)4-5-11/h2-3,6,12,14H,4-5,7H2,1H3. The Balaban J connectivity index is 2.31. The van der Waals surface area contributed by atoms with Crippen LogP contribution in [-0.2, 0) is 0 Å². The van der Waals surface area contributed by atoms with Crippen molar-refractivity contribution in [1.29, 1.82) is 0 Å². The first-order valence-corrected chi connectivity index (χ1v) is 5.20. The van der Waals surface area contributed by atoms with Crippen LogP contribution in [0.25, 0.3) is 0 Å². The highest BCUT2D eigenvalue weighted by Gasteiger charge is 2.43. The van der Waals surface area contributed by atoms with E-state index >= 15 is 0 Å². The number of aliphatic hydroxyl groups excluding tert-OH is 1. The fraction of sp³-hybridized carbons (Fsp3) is 0.455. The van der Waals surface area contributed by atoms with Crippen LogP contribution < -0.4 is 5.32 Å². The fourth-order valence-electron chi connectivity index (χ4n) is 1.67. The smallest absolute Gasteiger partial charge is 0.292 e. The third-order valence-electron chi connectivity index (χ3n) is 2.90. The van der Waals surface area contributed by atoms with E-state index in [0.717, 1.165) is 18.4 Å². The van der Waals surface area contributed by atoms with Gasteiger partial charge in [-0.3, -0.25) is 10.1 Å². The zero-order valence-corrected chi connectivity index (χ0v) is 9.06. The van der Waals surface area contributed by atoms with Crippen molar-refractivity contribution in [2.75, 3.05) is 11.9 Å². The number of nitro groups is 1. The highest BCUT2D eigenvalue weighted by atomic mass is 16.6. The Morgan fingerprint density at radius 2 is 2.25 bits per heavy atom. The number of benzene rings is 1. The maximum Gasteiger partial charge on any atom is 0.292 e. The van der Waals surface area contributed by atoms with Crippen LogP contribution in [0.3, 0.4) is 0 Å². The molecule has 1 fully saturated rings. The summed E-state index contributed by atoms with van der Waals surface area (Å²) < 4.78 is 0. The molecule has 1 aromatic carbocycles. The first-order valence-electron chi connectivity index (χ1n) is 5.20. The lowest BCUT2D eigenvalue weighted by molar-refractivity contribution is -0.384. The minimum atomic E-state index is -0.408. The average molecular weight is 222 g/mol.